The number of nitrogens with one attached hydrogen (secondary N) is 2. The summed E-state index contributed by atoms with van der Waals surface area (Å²) in [4.78, 5) is 12.6. The Hall–Kier alpha value is -1.39. The number of Topliss-reactive ketones (excluding diaryl/α,β-unsaturated/α-hetero) is 1. The second-order valence-corrected chi connectivity index (χ2v) is 7.26. The van der Waals surface area contributed by atoms with Gasteiger partial charge in [-0.3, -0.25) is 4.79 Å². The van der Waals surface area contributed by atoms with Gasteiger partial charge in [-0.1, -0.05) is 37.6 Å². The lowest BCUT2D eigenvalue weighted by Crippen LogP contribution is -2.48. The Kier molecular flexibility index (Phi) is 3.54. The number of carbonyl (C=O) groups excluding carboxylic acids is 1. The van der Waals surface area contributed by atoms with Gasteiger partial charge in [-0.15, -0.1) is 0 Å². The second kappa shape index (κ2) is 5.11. The van der Waals surface area contributed by atoms with Gasteiger partial charge in [0.2, 0.25) is 0 Å². The molecule has 0 spiro atoms. The zero-order valence-corrected chi connectivity index (χ0v) is 13.6. The first-order valence-corrected chi connectivity index (χ1v) is 7.74. The van der Waals surface area contributed by atoms with Gasteiger partial charge >= 0.3 is 0 Å². The molecule has 5 heteroatoms. The molecular formula is C16H17ClN2OS. The van der Waals surface area contributed by atoms with Crippen molar-refractivity contribution in [3.05, 3.63) is 46.1 Å². The zero-order chi connectivity index (χ0) is 15.2. The highest BCUT2D eigenvalue weighted by molar-refractivity contribution is 7.80. The Morgan fingerprint density at radius 3 is 2.57 bits per heavy atom. The minimum atomic E-state index is -0.186. The molecule has 0 aromatic heterocycles. The van der Waals surface area contributed by atoms with Crippen molar-refractivity contribution in [1.82, 2.24) is 10.6 Å². The van der Waals surface area contributed by atoms with Crippen LogP contribution < -0.4 is 10.6 Å². The van der Waals surface area contributed by atoms with Crippen LogP contribution >= 0.6 is 23.8 Å². The smallest absolute Gasteiger partial charge is 0.171 e. The molecule has 0 amide bonds. The van der Waals surface area contributed by atoms with Gasteiger partial charge in [-0.25, -0.2) is 0 Å². The van der Waals surface area contributed by atoms with Gasteiger partial charge in [0.1, 0.15) is 0 Å². The third kappa shape index (κ3) is 2.83. The summed E-state index contributed by atoms with van der Waals surface area (Å²) >= 11 is 11.2. The first-order valence-electron chi connectivity index (χ1n) is 6.95. The van der Waals surface area contributed by atoms with Crippen LogP contribution in [0.5, 0.6) is 0 Å². The Bertz CT molecular complexity index is 649. The van der Waals surface area contributed by atoms with E-state index in [2.05, 4.69) is 24.5 Å². The molecule has 1 aromatic carbocycles. The van der Waals surface area contributed by atoms with E-state index in [1.807, 2.05) is 24.3 Å². The van der Waals surface area contributed by atoms with Crippen LogP contribution in [0.2, 0.25) is 5.02 Å². The average molecular weight is 321 g/mol. The van der Waals surface area contributed by atoms with Crippen molar-refractivity contribution in [3.63, 3.8) is 0 Å². The fourth-order valence-electron chi connectivity index (χ4n) is 3.06. The summed E-state index contributed by atoms with van der Waals surface area (Å²) < 4.78 is 0. The van der Waals surface area contributed by atoms with Gasteiger partial charge in [0, 0.05) is 22.7 Å². The van der Waals surface area contributed by atoms with Gasteiger partial charge in [0.15, 0.2) is 10.9 Å². The summed E-state index contributed by atoms with van der Waals surface area (Å²) in [6, 6.07) is 7.36. The maximum Gasteiger partial charge on any atom is 0.171 e. The third-order valence-electron chi connectivity index (χ3n) is 3.95. The topological polar surface area (TPSA) is 41.1 Å². The number of rotatable bonds is 1. The molecule has 0 unspecified atom stereocenters. The van der Waals surface area contributed by atoms with E-state index in [0.717, 1.165) is 23.3 Å². The number of benzene rings is 1. The second-order valence-electron chi connectivity index (χ2n) is 6.42. The van der Waals surface area contributed by atoms with Crippen LogP contribution in [-0.2, 0) is 4.79 Å². The number of ketones is 1. The molecule has 0 saturated carbocycles. The van der Waals surface area contributed by atoms with E-state index in [1.54, 1.807) is 0 Å². The Labute approximate surface area is 134 Å². The zero-order valence-electron chi connectivity index (χ0n) is 12.0. The first kappa shape index (κ1) is 14.5. The first-order chi connectivity index (χ1) is 9.85. The summed E-state index contributed by atoms with van der Waals surface area (Å²) in [5.41, 5.74) is 2.74. The molecule has 1 aromatic rings. The summed E-state index contributed by atoms with van der Waals surface area (Å²) in [6.07, 6.45) is 1.39. The van der Waals surface area contributed by atoms with E-state index < -0.39 is 0 Å². The molecule has 0 bridgehead atoms. The molecule has 1 atom stereocenters. The van der Waals surface area contributed by atoms with Crippen LogP contribution in [-0.4, -0.2) is 10.9 Å². The third-order valence-corrected chi connectivity index (χ3v) is 4.42. The van der Waals surface area contributed by atoms with Crippen LogP contribution in [0.3, 0.4) is 0 Å². The molecule has 1 aliphatic carbocycles. The van der Waals surface area contributed by atoms with Crippen LogP contribution in [0.25, 0.3) is 0 Å². The summed E-state index contributed by atoms with van der Waals surface area (Å²) in [6.45, 7) is 4.22. The average Bonchev–Trinajstić information content (AvgIpc) is 2.36. The fraction of sp³-hybridized carbons (Fsp3) is 0.375. The molecule has 3 rings (SSSR count). The highest BCUT2D eigenvalue weighted by atomic mass is 35.5. The van der Waals surface area contributed by atoms with Crippen LogP contribution in [0, 0.1) is 5.41 Å². The van der Waals surface area contributed by atoms with Gasteiger partial charge in [-0.05, 0) is 41.7 Å². The minimum Gasteiger partial charge on any atom is -0.351 e. The summed E-state index contributed by atoms with van der Waals surface area (Å²) in [5, 5.41) is 7.63. The van der Waals surface area contributed by atoms with Crippen LogP contribution in [0.15, 0.2) is 35.5 Å². The maximum atomic E-state index is 12.6. The van der Waals surface area contributed by atoms with E-state index in [1.165, 1.54) is 0 Å². The van der Waals surface area contributed by atoms with Gasteiger partial charge in [0.05, 0.1) is 6.04 Å². The number of hydrogen-bond acceptors (Lipinski definition) is 2. The molecule has 0 radical (unpaired) electrons. The van der Waals surface area contributed by atoms with Crippen LogP contribution in [0.4, 0.5) is 0 Å². The van der Waals surface area contributed by atoms with E-state index in [-0.39, 0.29) is 17.2 Å². The van der Waals surface area contributed by atoms with Crippen molar-refractivity contribution in [2.24, 2.45) is 5.41 Å². The molecule has 2 N–H and O–H groups in total. The molecule has 2 aliphatic rings. The van der Waals surface area contributed by atoms with E-state index >= 15 is 0 Å². The van der Waals surface area contributed by atoms with Gasteiger partial charge < -0.3 is 10.6 Å². The molecule has 0 saturated heterocycles. The van der Waals surface area contributed by atoms with Crippen molar-refractivity contribution in [2.45, 2.75) is 32.7 Å². The largest absolute Gasteiger partial charge is 0.351 e. The van der Waals surface area contributed by atoms with Crippen molar-refractivity contribution in [3.8, 4) is 0 Å². The lowest BCUT2D eigenvalue weighted by Gasteiger charge is -2.39. The van der Waals surface area contributed by atoms with Gasteiger partial charge in [0.25, 0.3) is 0 Å². The standard InChI is InChI=1S/C16H17ClN2OS/c1-16(2)7-11-13(12(20)8-16)14(19-15(21)18-11)9-3-5-10(17)6-4-9/h3-6,14H,7-8H2,1-2H3,(H2,18,19,21)/t14-/m0/s1. The highest BCUT2D eigenvalue weighted by Gasteiger charge is 2.39. The number of allylic oxidation sites excluding steroid dienone is 1. The highest BCUT2D eigenvalue weighted by Crippen LogP contribution is 2.41. The van der Waals surface area contributed by atoms with E-state index in [9.17, 15) is 4.79 Å². The Morgan fingerprint density at radius 1 is 1.24 bits per heavy atom. The Balaban J connectivity index is 2.06. The number of thiocarbonyl (C=S) groups is 1. The van der Waals surface area contributed by atoms with Gasteiger partial charge in [-0.2, -0.15) is 0 Å². The number of hydrogen-bond donors (Lipinski definition) is 2. The summed E-state index contributed by atoms with van der Waals surface area (Å²) in [5.74, 6) is 0.184. The maximum absolute atomic E-state index is 12.6. The van der Waals surface area contributed by atoms with Crippen molar-refractivity contribution in [2.75, 3.05) is 0 Å². The SMILES string of the molecule is CC1(C)CC(=O)C2=C(C1)NC(=S)N[C@H]2c1ccc(Cl)cc1. The normalized spacial score (nSPS) is 24.2. The molecule has 3 nitrogen and oxygen atoms in total. The predicted octanol–water partition coefficient (Wildman–Crippen LogP) is 3.50. The molecule has 21 heavy (non-hydrogen) atoms. The predicted molar refractivity (Wildman–Crippen MR) is 88.1 cm³/mol. The van der Waals surface area contributed by atoms with Crippen molar-refractivity contribution >= 4 is 34.7 Å². The molecule has 1 aliphatic heterocycles. The van der Waals surface area contributed by atoms with Crippen molar-refractivity contribution in [1.29, 1.82) is 0 Å². The molecular weight excluding hydrogens is 304 g/mol. The molecule has 1 heterocycles. The number of carbonyl (C=O) groups is 1. The number of halogens is 1. The molecule has 110 valence electrons. The fourth-order valence-corrected chi connectivity index (χ4v) is 3.43. The van der Waals surface area contributed by atoms with Crippen molar-refractivity contribution < 1.29 is 4.79 Å². The minimum absolute atomic E-state index is 0.0274. The summed E-state index contributed by atoms with van der Waals surface area (Å²) in [7, 11) is 0. The monoisotopic (exact) mass is 320 g/mol. The van der Waals surface area contributed by atoms with E-state index in [4.69, 9.17) is 23.8 Å². The lowest BCUT2D eigenvalue weighted by atomic mass is 9.73. The molecule has 0 fully saturated rings. The lowest BCUT2D eigenvalue weighted by molar-refractivity contribution is -0.118. The van der Waals surface area contributed by atoms with E-state index in [0.29, 0.717) is 16.6 Å². The quantitative estimate of drug-likeness (QED) is 0.777. The Morgan fingerprint density at radius 2 is 1.90 bits per heavy atom. The van der Waals surface area contributed by atoms with Crippen LogP contribution in [0.1, 0.15) is 38.3 Å².